The lowest BCUT2D eigenvalue weighted by Crippen LogP contribution is -2.49. The Bertz CT molecular complexity index is 645. The Morgan fingerprint density at radius 2 is 2.09 bits per heavy atom. The van der Waals surface area contributed by atoms with E-state index in [0.29, 0.717) is 17.4 Å². The van der Waals surface area contributed by atoms with Crippen LogP contribution in [0.2, 0.25) is 5.02 Å². The molecule has 0 unspecified atom stereocenters. The molecular weight excluding hydrogens is 302 g/mol. The van der Waals surface area contributed by atoms with E-state index in [1.54, 1.807) is 0 Å². The molecule has 1 aromatic carbocycles. The van der Waals surface area contributed by atoms with Gasteiger partial charge in [-0.3, -0.25) is 0 Å². The van der Waals surface area contributed by atoms with Crippen molar-refractivity contribution in [1.82, 2.24) is 9.97 Å². The Kier molecular flexibility index (Phi) is 4.18. The van der Waals surface area contributed by atoms with Crippen molar-refractivity contribution in [2.75, 3.05) is 19.0 Å². The molecule has 0 aliphatic heterocycles. The van der Waals surface area contributed by atoms with Crippen LogP contribution in [0.1, 0.15) is 18.4 Å². The molecule has 0 amide bonds. The highest BCUT2D eigenvalue weighted by Crippen LogP contribution is 2.44. The van der Waals surface area contributed by atoms with Crippen LogP contribution in [0.25, 0.3) is 0 Å². The second-order valence-electron chi connectivity index (χ2n) is 5.62. The van der Waals surface area contributed by atoms with E-state index in [1.165, 1.54) is 18.9 Å². The summed E-state index contributed by atoms with van der Waals surface area (Å²) in [5.41, 5.74) is 1.12. The molecule has 1 fully saturated rings. The molecule has 0 saturated heterocycles. The van der Waals surface area contributed by atoms with Gasteiger partial charge in [-0.2, -0.15) is 4.98 Å². The lowest BCUT2D eigenvalue weighted by molar-refractivity contribution is 0.0242. The number of aliphatic hydroxyl groups excluding tert-OH is 1. The number of benzene rings is 1. The van der Waals surface area contributed by atoms with E-state index in [-0.39, 0.29) is 17.5 Å². The zero-order valence-corrected chi connectivity index (χ0v) is 13.0. The highest BCUT2D eigenvalue weighted by Gasteiger charge is 2.44. The molecule has 2 aromatic rings. The molecule has 22 heavy (non-hydrogen) atoms. The normalized spacial score (nSPS) is 23.7. The quantitative estimate of drug-likeness (QED) is 0.887. The lowest BCUT2D eigenvalue weighted by atomic mass is 9.62. The van der Waals surface area contributed by atoms with Gasteiger partial charge in [0.25, 0.3) is 0 Å². The summed E-state index contributed by atoms with van der Waals surface area (Å²) in [5, 5.41) is 13.5. The van der Waals surface area contributed by atoms with Crippen LogP contribution in [-0.4, -0.2) is 34.8 Å². The van der Waals surface area contributed by atoms with Crippen molar-refractivity contribution in [3.63, 3.8) is 0 Å². The maximum Gasteiger partial charge on any atom is 0.318 e. The first-order chi connectivity index (χ1) is 10.6. The highest BCUT2D eigenvalue weighted by molar-refractivity contribution is 6.32. The summed E-state index contributed by atoms with van der Waals surface area (Å²) in [5.74, 6) is 0.546. The highest BCUT2D eigenvalue weighted by atomic mass is 35.5. The summed E-state index contributed by atoms with van der Waals surface area (Å²) in [6, 6.07) is 10.5. The monoisotopic (exact) mass is 319 g/mol. The van der Waals surface area contributed by atoms with Crippen molar-refractivity contribution in [2.24, 2.45) is 0 Å². The number of hydrogen-bond donors (Lipinski definition) is 2. The minimum Gasteiger partial charge on any atom is -0.467 e. The van der Waals surface area contributed by atoms with E-state index in [4.69, 9.17) is 16.3 Å². The molecule has 116 valence electrons. The standard InChI is InChI=1S/C16H18ClN3O2/c1-22-15-18-9-13(17)14(20-15)19-10-16(7-12(21)8-16)11-5-3-2-4-6-11/h2-6,9,12,21H,7-8,10H2,1H3,(H,18,19,20). The molecule has 0 spiro atoms. The zero-order valence-electron chi connectivity index (χ0n) is 12.3. The van der Waals surface area contributed by atoms with Crippen molar-refractivity contribution in [3.8, 4) is 6.01 Å². The lowest BCUT2D eigenvalue weighted by Gasteiger charge is -2.46. The number of anilines is 1. The fourth-order valence-electron chi connectivity index (χ4n) is 2.94. The molecule has 1 saturated carbocycles. The average Bonchev–Trinajstić information content (AvgIpc) is 2.52. The third-order valence-corrected chi connectivity index (χ3v) is 4.41. The fraction of sp³-hybridized carbons (Fsp3) is 0.375. The summed E-state index contributed by atoms with van der Waals surface area (Å²) in [6.45, 7) is 0.647. The summed E-state index contributed by atoms with van der Waals surface area (Å²) in [4.78, 5) is 8.19. The van der Waals surface area contributed by atoms with Gasteiger partial charge in [0.1, 0.15) is 5.02 Å². The van der Waals surface area contributed by atoms with Crippen molar-refractivity contribution in [3.05, 3.63) is 47.1 Å². The summed E-state index contributed by atoms with van der Waals surface area (Å²) in [7, 11) is 1.51. The maximum absolute atomic E-state index is 9.78. The molecule has 1 heterocycles. The van der Waals surface area contributed by atoms with Gasteiger partial charge in [-0.05, 0) is 18.4 Å². The van der Waals surface area contributed by atoms with Gasteiger partial charge in [0.15, 0.2) is 5.82 Å². The molecule has 5 nitrogen and oxygen atoms in total. The van der Waals surface area contributed by atoms with E-state index in [2.05, 4.69) is 27.4 Å². The first-order valence-electron chi connectivity index (χ1n) is 7.17. The maximum atomic E-state index is 9.78. The Hall–Kier alpha value is -1.85. The predicted octanol–water partition coefficient (Wildman–Crippen LogP) is 2.64. The van der Waals surface area contributed by atoms with Crippen LogP contribution < -0.4 is 10.1 Å². The van der Waals surface area contributed by atoms with Crippen LogP contribution in [-0.2, 0) is 5.41 Å². The van der Waals surface area contributed by atoms with Crippen LogP contribution in [0.4, 0.5) is 5.82 Å². The van der Waals surface area contributed by atoms with E-state index in [9.17, 15) is 5.11 Å². The number of aromatic nitrogens is 2. The largest absolute Gasteiger partial charge is 0.467 e. The number of ether oxygens (including phenoxy) is 1. The molecule has 6 heteroatoms. The van der Waals surface area contributed by atoms with Crippen molar-refractivity contribution in [1.29, 1.82) is 0 Å². The molecule has 2 N–H and O–H groups in total. The molecule has 0 bridgehead atoms. The Morgan fingerprint density at radius 3 is 2.73 bits per heavy atom. The third-order valence-electron chi connectivity index (χ3n) is 4.14. The number of hydrogen-bond acceptors (Lipinski definition) is 5. The minimum atomic E-state index is -0.252. The van der Waals surface area contributed by atoms with E-state index in [0.717, 1.165) is 12.8 Å². The van der Waals surface area contributed by atoms with Gasteiger partial charge in [0, 0.05) is 12.0 Å². The summed E-state index contributed by atoms with van der Waals surface area (Å²) >= 11 is 6.13. The second kappa shape index (κ2) is 6.10. The third kappa shape index (κ3) is 2.87. The number of aliphatic hydroxyl groups is 1. The Labute approximate surface area is 134 Å². The minimum absolute atomic E-state index is 0.0950. The molecular formula is C16H18ClN3O2. The van der Waals surface area contributed by atoms with Gasteiger partial charge in [-0.1, -0.05) is 41.9 Å². The van der Waals surface area contributed by atoms with Gasteiger partial charge in [-0.15, -0.1) is 0 Å². The van der Waals surface area contributed by atoms with Crippen molar-refractivity contribution >= 4 is 17.4 Å². The van der Waals surface area contributed by atoms with Crippen LogP contribution >= 0.6 is 11.6 Å². The van der Waals surface area contributed by atoms with Crippen LogP contribution in [0.3, 0.4) is 0 Å². The second-order valence-corrected chi connectivity index (χ2v) is 6.02. The first-order valence-corrected chi connectivity index (χ1v) is 7.55. The van der Waals surface area contributed by atoms with E-state index >= 15 is 0 Å². The molecule has 1 aliphatic carbocycles. The zero-order chi connectivity index (χ0) is 15.6. The number of methoxy groups -OCH3 is 1. The molecule has 3 rings (SSSR count). The molecule has 1 aliphatic rings. The smallest absolute Gasteiger partial charge is 0.318 e. The SMILES string of the molecule is COc1ncc(Cl)c(NCC2(c3ccccc3)CC(O)C2)n1. The summed E-state index contributed by atoms with van der Waals surface area (Å²) < 4.78 is 5.02. The van der Waals surface area contributed by atoms with Gasteiger partial charge >= 0.3 is 6.01 Å². The molecule has 0 radical (unpaired) electrons. The van der Waals surface area contributed by atoms with Crippen molar-refractivity contribution in [2.45, 2.75) is 24.4 Å². The van der Waals surface area contributed by atoms with E-state index < -0.39 is 0 Å². The van der Waals surface area contributed by atoms with Gasteiger partial charge in [-0.25, -0.2) is 4.98 Å². The van der Waals surface area contributed by atoms with Crippen molar-refractivity contribution < 1.29 is 9.84 Å². The topological polar surface area (TPSA) is 67.3 Å². The van der Waals surface area contributed by atoms with Gasteiger partial charge in [0.2, 0.25) is 0 Å². The van der Waals surface area contributed by atoms with E-state index in [1.807, 2.05) is 18.2 Å². The first kappa shape index (κ1) is 15.1. The van der Waals surface area contributed by atoms with Gasteiger partial charge < -0.3 is 15.2 Å². The van der Waals surface area contributed by atoms with Crippen LogP contribution in [0.5, 0.6) is 6.01 Å². The number of rotatable bonds is 5. The van der Waals surface area contributed by atoms with Gasteiger partial charge in [0.05, 0.1) is 19.4 Å². The summed E-state index contributed by atoms with van der Waals surface area (Å²) in [6.07, 6.45) is 2.71. The number of nitrogens with zero attached hydrogens (tertiary/aromatic N) is 2. The number of halogens is 1. The fourth-order valence-corrected chi connectivity index (χ4v) is 3.10. The van der Waals surface area contributed by atoms with Crippen LogP contribution in [0.15, 0.2) is 36.5 Å². The number of nitrogens with one attached hydrogen (secondary N) is 1. The predicted molar refractivity (Wildman–Crippen MR) is 85.4 cm³/mol. The molecule has 0 atom stereocenters. The van der Waals surface area contributed by atoms with Crippen LogP contribution in [0, 0.1) is 0 Å². The molecule has 1 aromatic heterocycles. The Balaban J connectivity index is 1.79. The Morgan fingerprint density at radius 1 is 1.36 bits per heavy atom. The average molecular weight is 320 g/mol.